The molecule has 0 saturated carbocycles. The van der Waals surface area contributed by atoms with E-state index in [0.29, 0.717) is 18.7 Å². The molecule has 124 valence electrons. The van der Waals surface area contributed by atoms with Gasteiger partial charge in [-0.05, 0) is 29.0 Å². The molecule has 6 nitrogen and oxygen atoms in total. The maximum atomic E-state index is 12.4. The third-order valence-corrected chi connectivity index (χ3v) is 3.79. The highest BCUT2D eigenvalue weighted by Crippen LogP contribution is 2.32. The van der Waals surface area contributed by atoms with E-state index in [-0.39, 0.29) is 23.5 Å². The minimum absolute atomic E-state index is 0.0719. The van der Waals surface area contributed by atoms with Crippen molar-refractivity contribution in [1.82, 2.24) is 20.1 Å². The fourth-order valence-electron chi connectivity index (χ4n) is 2.35. The molecule has 0 aliphatic rings. The average molecular weight is 316 g/mol. The van der Waals surface area contributed by atoms with Crippen molar-refractivity contribution in [3.8, 4) is 5.75 Å². The van der Waals surface area contributed by atoms with Gasteiger partial charge in [0.2, 0.25) is 0 Å². The Morgan fingerprint density at radius 1 is 1.26 bits per heavy atom. The summed E-state index contributed by atoms with van der Waals surface area (Å²) < 4.78 is 1.64. The van der Waals surface area contributed by atoms with Crippen LogP contribution in [0, 0.1) is 0 Å². The largest absolute Gasteiger partial charge is 0.507 e. The SMILES string of the molecule is CC(C)c1cc(C(=O)NCCn2cncn2)c(O)c(C(C)C)c1. The number of hydrogen-bond donors (Lipinski definition) is 2. The first-order valence-corrected chi connectivity index (χ1v) is 7.87. The van der Waals surface area contributed by atoms with Crippen molar-refractivity contribution in [3.63, 3.8) is 0 Å². The molecule has 0 saturated heterocycles. The van der Waals surface area contributed by atoms with E-state index in [9.17, 15) is 9.90 Å². The molecule has 0 atom stereocenters. The molecule has 2 N–H and O–H groups in total. The summed E-state index contributed by atoms with van der Waals surface area (Å²) in [5.74, 6) is 0.236. The second kappa shape index (κ2) is 7.26. The smallest absolute Gasteiger partial charge is 0.255 e. The molecule has 0 fully saturated rings. The molecule has 1 heterocycles. The average Bonchev–Trinajstić information content (AvgIpc) is 3.00. The van der Waals surface area contributed by atoms with E-state index in [1.165, 1.54) is 6.33 Å². The van der Waals surface area contributed by atoms with Crippen molar-refractivity contribution >= 4 is 5.91 Å². The first-order chi connectivity index (χ1) is 10.9. The topological polar surface area (TPSA) is 80.0 Å². The van der Waals surface area contributed by atoms with E-state index in [1.807, 2.05) is 19.9 Å². The van der Waals surface area contributed by atoms with E-state index < -0.39 is 0 Å². The lowest BCUT2D eigenvalue weighted by Gasteiger charge is -2.17. The molecule has 1 aromatic heterocycles. The molecule has 6 heteroatoms. The van der Waals surface area contributed by atoms with Crippen LogP contribution in [0.3, 0.4) is 0 Å². The van der Waals surface area contributed by atoms with Crippen LogP contribution >= 0.6 is 0 Å². The number of carbonyl (C=O) groups is 1. The third kappa shape index (κ3) is 4.09. The number of nitrogens with zero attached hydrogens (tertiary/aromatic N) is 3. The Hall–Kier alpha value is -2.37. The summed E-state index contributed by atoms with van der Waals surface area (Å²) in [6.07, 6.45) is 3.05. The number of phenols is 1. The number of phenolic OH excluding ortho intramolecular Hbond substituents is 1. The van der Waals surface area contributed by atoms with Crippen LogP contribution in [0.25, 0.3) is 0 Å². The molecule has 0 aliphatic carbocycles. The Balaban J connectivity index is 2.17. The van der Waals surface area contributed by atoms with Crippen LogP contribution < -0.4 is 5.32 Å². The van der Waals surface area contributed by atoms with Gasteiger partial charge < -0.3 is 10.4 Å². The minimum Gasteiger partial charge on any atom is -0.507 e. The highest BCUT2D eigenvalue weighted by Gasteiger charge is 2.18. The Bertz CT molecular complexity index is 663. The molecular formula is C17H24N4O2. The summed E-state index contributed by atoms with van der Waals surface area (Å²) >= 11 is 0. The molecule has 0 spiro atoms. The highest BCUT2D eigenvalue weighted by atomic mass is 16.3. The van der Waals surface area contributed by atoms with Crippen molar-refractivity contribution in [2.75, 3.05) is 6.54 Å². The standard InChI is InChI=1S/C17H24N4O2/c1-11(2)13-7-14(12(3)4)16(22)15(8-13)17(23)19-5-6-21-10-18-9-20-21/h7-12,22H,5-6H2,1-4H3,(H,19,23). The number of rotatable bonds is 6. The molecule has 23 heavy (non-hydrogen) atoms. The van der Waals surface area contributed by atoms with Gasteiger partial charge in [0.1, 0.15) is 18.4 Å². The van der Waals surface area contributed by atoms with Gasteiger partial charge >= 0.3 is 0 Å². The predicted octanol–water partition coefficient (Wildman–Crippen LogP) is 2.66. The van der Waals surface area contributed by atoms with E-state index in [2.05, 4.69) is 29.2 Å². The lowest BCUT2D eigenvalue weighted by Crippen LogP contribution is -2.27. The van der Waals surface area contributed by atoms with Gasteiger partial charge in [-0.2, -0.15) is 5.10 Å². The Morgan fingerprint density at radius 2 is 2.00 bits per heavy atom. The number of carbonyl (C=O) groups excluding carboxylic acids is 1. The first-order valence-electron chi connectivity index (χ1n) is 7.87. The zero-order valence-corrected chi connectivity index (χ0v) is 14.1. The van der Waals surface area contributed by atoms with Gasteiger partial charge in [-0.1, -0.05) is 33.8 Å². The van der Waals surface area contributed by atoms with Crippen LogP contribution in [0.5, 0.6) is 5.75 Å². The lowest BCUT2D eigenvalue weighted by molar-refractivity contribution is 0.0949. The number of aromatic hydroxyl groups is 1. The van der Waals surface area contributed by atoms with Gasteiger partial charge in [0, 0.05) is 6.54 Å². The summed E-state index contributed by atoms with van der Waals surface area (Å²) in [6, 6.07) is 3.76. The summed E-state index contributed by atoms with van der Waals surface area (Å²) in [7, 11) is 0. The molecule has 0 radical (unpaired) electrons. The van der Waals surface area contributed by atoms with E-state index >= 15 is 0 Å². The maximum absolute atomic E-state index is 12.4. The van der Waals surface area contributed by atoms with Crippen LogP contribution in [0.15, 0.2) is 24.8 Å². The second-order valence-electron chi connectivity index (χ2n) is 6.23. The molecule has 2 rings (SSSR count). The zero-order valence-electron chi connectivity index (χ0n) is 14.1. The molecular weight excluding hydrogens is 292 g/mol. The van der Waals surface area contributed by atoms with Crippen molar-refractivity contribution in [1.29, 1.82) is 0 Å². The van der Waals surface area contributed by atoms with Gasteiger partial charge in [0.05, 0.1) is 12.1 Å². The summed E-state index contributed by atoms with van der Waals surface area (Å²) in [6.45, 7) is 9.11. The van der Waals surface area contributed by atoms with Gasteiger partial charge in [-0.3, -0.25) is 9.48 Å². The Kier molecular flexibility index (Phi) is 5.36. The zero-order chi connectivity index (χ0) is 17.0. The lowest BCUT2D eigenvalue weighted by atomic mass is 9.91. The van der Waals surface area contributed by atoms with Crippen LogP contribution in [0.4, 0.5) is 0 Å². The Morgan fingerprint density at radius 3 is 2.57 bits per heavy atom. The normalized spacial score (nSPS) is 11.2. The number of nitrogens with one attached hydrogen (secondary N) is 1. The van der Waals surface area contributed by atoms with Crippen molar-refractivity contribution in [2.24, 2.45) is 0 Å². The summed E-state index contributed by atoms with van der Waals surface area (Å²) in [4.78, 5) is 16.3. The second-order valence-corrected chi connectivity index (χ2v) is 6.23. The molecule has 0 aliphatic heterocycles. The van der Waals surface area contributed by atoms with E-state index in [4.69, 9.17) is 0 Å². The van der Waals surface area contributed by atoms with Gasteiger partial charge in [-0.15, -0.1) is 0 Å². The monoisotopic (exact) mass is 316 g/mol. The predicted molar refractivity (Wildman–Crippen MR) is 88.6 cm³/mol. The maximum Gasteiger partial charge on any atom is 0.255 e. The molecule has 0 unspecified atom stereocenters. The number of aromatic nitrogens is 3. The third-order valence-electron chi connectivity index (χ3n) is 3.79. The number of hydrogen-bond acceptors (Lipinski definition) is 4. The number of amides is 1. The molecule has 1 amide bonds. The molecule has 1 aromatic carbocycles. The van der Waals surface area contributed by atoms with Crippen molar-refractivity contribution in [2.45, 2.75) is 46.1 Å². The quantitative estimate of drug-likeness (QED) is 0.858. The van der Waals surface area contributed by atoms with Crippen LogP contribution in [-0.2, 0) is 6.54 Å². The summed E-state index contributed by atoms with van der Waals surface area (Å²) in [5, 5.41) is 17.2. The van der Waals surface area contributed by atoms with Crippen LogP contribution in [0.2, 0.25) is 0 Å². The highest BCUT2D eigenvalue weighted by molar-refractivity contribution is 5.97. The van der Waals surface area contributed by atoms with E-state index in [1.54, 1.807) is 17.1 Å². The van der Waals surface area contributed by atoms with Crippen molar-refractivity contribution in [3.05, 3.63) is 41.5 Å². The molecule has 2 aromatic rings. The van der Waals surface area contributed by atoms with Crippen molar-refractivity contribution < 1.29 is 9.90 Å². The Labute approximate surface area is 136 Å². The van der Waals surface area contributed by atoms with Gasteiger partial charge in [0.25, 0.3) is 5.91 Å². The van der Waals surface area contributed by atoms with Crippen LogP contribution in [0.1, 0.15) is 61.0 Å². The summed E-state index contributed by atoms with van der Waals surface area (Å²) in [5.41, 5.74) is 2.18. The van der Waals surface area contributed by atoms with Gasteiger partial charge in [-0.25, -0.2) is 4.98 Å². The number of benzene rings is 1. The van der Waals surface area contributed by atoms with E-state index in [0.717, 1.165) is 11.1 Å². The fourth-order valence-corrected chi connectivity index (χ4v) is 2.35. The first kappa shape index (κ1) is 17.0. The molecule has 0 bridgehead atoms. The minimum atomic E-state index is -0.271. The van der Waals surface area contributed by atoms with Gasteiger partial charge in [0.15, 0.2) is 0 Å². The fraction of sp³-hybridized carbons (Fsp3) is 0.471. The van der Waals surface area contributed by atoms with Crippen LogP contribution in [-0.4, -0.2) is 32.3 Å².